The Kier molecular flexibility index (Phi) is 2.74. The van der Waals surface area contributed by atoms with E-state index in [1.54, 1.807) is 23.1 Å². The molecule has 0 spiro atoms. The van der Waals surface area contributed by atoms with Gasteiger partial charge in [-0.15, -0.1) is 0 Å². The molecular formula is C14H14N2O3. The van der Waals surface area contributed by atoms with E-state index in [1.807, 2.05) is 6.92 Å². The minimum absolute atomic E-state index is 0.0964. The highest BCUT2D eigenvalue weighted by Crippen LogP contribution is 2.23. The van der Waals surface area contributed by atoms with Crippen molar-refractivity contribution in [2.45, 2.75) is 19.9 Å². The number of rotatable bonds is 1. The molecule has 0 atom stereocenters. The number of carbonyl (C=O) groups is 1. The average Bonchev–Trinajstić information content (AvgIpc) is 2.79. The van der Waals surface area contributed by atoms with Gasteiger partial charge < -0.3 is 14.5 Å². The maximum absolute atomic E-state index is 12.3. The molecule has 0 aliphatic carbocycles. The van der Waals surface area contributed by atoms with Crippen LogP contribution >= 0.6 is 0 Å². The fourth-order valence-corrected chi connectivity index (χ4v) is 2.37. The zero-order valence-corrected chi connectivity index (χ0v) is 10.6. The highest BCUT2D eigenvalue weighted by Gasteiger charge is 2.26. The van der Waals surface area contributed by atoms with Crippen molar-refractivity contribution in [1.29, 1.82) is 0 Å². The summed E-state index contributed by atoms with van der Waals surface area (Å²) < 4.78 is 5.23. The summed E-state index contributed by atoms with van der Waals surface area (Å²) >= 11 is 0. The quantitative estimate of drug-likeness (QED) is 0.848. The molecule has 1 aliphatic heterocycles. The maximum atomic E-state index is 12.3. The second kappa shape index (κ2) is 4.42. The van der Waals surface area contributed by atoms with Gasteiger partial charge in [0.1, 0.15) is 5.75 Å². The van der Waals surface area contributed by atoms with Crippen molar-refractivity contribution in [1.82, 2.24) is 10.1 Å². The molecule has 0 unspecified atom stereocenters. The molecule has 2 aromatic rings. The van der Waals surface area contributed by atoms with Crippen LogP contribution in [0.2, 0.25) is 0 Å². The first-order chi connectivity index (χ1) is 9.15. The number of aromatic hydroxyl groups is 1. The Bertz CT molecular complexity index is 633. The van der Waals surface area contributed by atoms with E-state index in [1.165, 1.54) is 6.07 Å². The third kappa shape index (κ3) is 2.07. The summed E-state index contributed by atoms with van der Waals surface area (Å²) in [6.45, 7) is 2.99. The molecule has 1 aromatic heterocycles. The van der Waals surface area contributed by atoms with Gasteiger partial charge in [0.25, 0.3) is 5.91 Å². The van der Waals surface area contributed by atoms with Crippen molar-refractivity contribution in [2.75, 3.05) is 6.54 Å². The molecular weight excluding hydrogens is 244 g/mol. The summed E-state index contributed by atoms with van der Waals surface area (Å²) in [6.07, 6.45) is 0.759. The molecule has 1 amide bonds. The Labute approximate surface area is 110 Å². The Balaban J connectivity index is 1.83. The van der Waals surface area contributed by atoms with Crippen molar-refractivity contribution in [3.05, 3.63) is 46.8 Å². The zero-order valence-electron chi connectivity index (χ0n) is 10.6. The van der Waals surface area contributed by atoms with Gasteiger partial charge in [-0.2, -0.15) is 0 Å². The first-order valence-corrected chi connectivity index (χ1v) is 6.17. The summed E-state index contributed by atoms with van der Waals surface area (Å²) in [7, 11) is 0. The lowest BCUT2D eigenvalue weighted by Crippen LogP contribution is -2.35. The van der Waals surface area contributed by atoms with Crippen LogP contribution in [0.5, 0.6) is 5.75 Å². The number of hydrogen-bond donors (Lipinski definition) is 1. The van der Waals surface area contributed by atoms with E-state index in [2.05, 4.69) is 5.16 Å². The number of aromatic nitrogens is 1. The first kappa shape index (κ1) is 11.8. The lowest BCUT2D eigenvalue weighted by Gasteiger charge is -2.25. The number of fused-ring (bicyclic) bond motifs is 1. The molecule has 0 fully saturated rings. The van der Waals surface area contributed by atoms with Gasteiger partial charge >= 0.3 is 0 Å². The molecule has 1 aromatic carbocycles. The number of carbonyl (C=O) groups excluding carboxylic acids is 1. The fraction of sp³-hybridized carbons (Fsp3) is 0.286. The predicted octanol–water partition coefficient (Wildman–Crippen LogP) is 1.89. The summed E-state index contributed by atoms with van der Waals surface area (Å²) in [5, 5.41) is 13.3. The van der Waals surface area contributed by atoms with Gasteiger partial charge in [0.15, 0.2) is 5.76 Å². The molecule has 1 N–H and O–H groups in total. The molecule has 5 heteroatoms. The van der Waals surface area contributed by atoms with E-state index in [-0.39, 0.29) is 11.7 Å². The van der Waals surface area contributed by atoms with Crippen molar-refractivity contribution >= 4 is 5.91 Å². The van der Waals surface area contributed by atoms with E-state index in [4.69, 9.17) is 4.52 Å². The van der Waals surface area contributed by atoms with Crippen LogP contribution < -0.4 is 0 Å². The molecule has 5 nitrogen and oxygen atoms in total. The van der Waals surface area contributed by atoms with Gasteiger partial charge in [0, 0.05) is 17.7 Å². The highest BCUT2D eigenvalue weighted by molar-refractivity contribution is 5.94. The standard InChI is InChI=1S/C14H14N2O3/c1-9-12-5-6-16(8-13(12)19-15-9)14(18)10-3-2-4-11(17)7-10/h2-4,7,17H,5-6,8H2,1H3. The second-order valence-electron chi connectivity index (χ2n) is 4.70. The average molecular weight is 258 g/mol. The van der Waals surface area contributed by atoms with Gasteiger partial charge in [-0.1, -0.05) is 11.2 Å². The zero-order chi connectivity index (χ0) is 13.4. The topological polar surface area (TPSA) is 66.6 Å². The molecule has 0 radical (unpaired) electrons. The summed E-state index contributed by atoms with van der Waals surface area (Å²) in [6, 6.07) is 6.38. The Morgan fingerprint density at radius 1 is 1.47 bits per heavy atom. The summed E-state index contributed by atoms with van der Waals surface area (Å²) in [5.74, 6) is 0.756. The number of amides is 1. The summed E-state index contributed by atoms with van der Waals surface area (Å²) in [5.41, 5.74) is 2.50. The molecule has 98 valence electrons. The third-order valence-electron chi connectivity index (χ3n) is 3.41. The van der Waals surface area contributed by atoms with Crippen LogP contribution in [0.3, 0.4) is 0 Å². The highest BCUT2D eigenvalue weighted by atomic mass is 16.5. The number of aryl methyl sites for hydroxylation is 1. The normalized spacial score (nSPS) is 14.3. The Morgan fingerprint density at radius 3 is 3.11 bits per heavy atom. The van der Waals surface area contributed by atoms with Gasteiger partial charge in [0.05, 0.1) is 12.2 Å². The monoisotopic (exact) mass is 258 g/mol. The molecule has 19 heavy (non-hydrogen) atoms. The van der Waals surface area contributed by atoms with Gasteiger partial charge in [-0.05, 0) is 31.5 Å². The van der Waals surface area contributed by atoms with E-state index in [9.17, 15) is 9.90 Å². The number of benzene rings is 1. The van der Waals surface area contributed by atoms with Crippen molar-refractivity contribution in [3.8, 4) is 5.75 Å². The van der Waals surface area contributed by atoms with E-state index in [0.717, 1.165) is 23.4 Å². The second-order valence-corrected chi connectivity index (χ2v) is 4.70. The lowest BCUT2D eigenvalue weighted by atomic mass is 10.0. The molecule has 0 saturated carbocycles. The van der Waals surface area contributed by atoms with E-state index in [0.29, 0.717) is 18.7 Å². The van der Waals surface area contributed by atoms with Crippen LogP contribution in [0, 0.1) is 6.92 Å². The largest absolute Gasteiger partial charge is 0.508 e. The van der Waals surface area contributed by atoms with Gasteiger partial charge in [-0.25, -0.2) is 0 Å². The van der Waals surface area contributed by atoms with E-state index >= 15 is 0 Å². The lowest BCUT2D eigenvalue weighted by molar-refractivity contribution is 0.0715. The third-order valence-corrected chi connectivity index (χ3v) is 3.41. The maximum Gasteiger partial charge on any atom is 0.254 e. The van der Waals surface area contributed by atoms with Crippen LogP contribution in [0.15, 0.2) is 28.8 Å². The number of hydrogen-bond acceptors (Lipinski definition) is 4. The van der Waals surface area contributed by atoms with Gasteiger partial charge in [0.2, 0.25) is 0 Å². The van der Waals surface area contributed by atoms with Crippen LogP contribution in [0.1, 0.15) is 27.4 Å². The van der Waals surface area contributed by atoms with Crippen LogP contribution in [0.4, 0.5) is 0 Å². The molecule has 2 heterocycles. The van der Waals surface area contributed by atoms with Crippen LogP contribution in [-0.2, 0) is 13.0 Å². The first-order valence-electron chi connectivity index (χ1n) is 6.17. The predicted molar refractivity (Wildman–Crippen MR) is 67.8 cm³/mol. The van der Waals surface area contributed by atoms with Crippen molar-refractivity contribution < 1.29 is 14.4 Å². The fourth-order valence-electron chi connectivity index (χ4n) is 2.37. The number of phenolic OH excluding ortho intramolecular Hbond substituents is 1. The van der Waals surface area contributed by atoms with Crippen molar-refractivity contribution in [2.24, 2.45) is 0 Å². The summed E-state index contributed by atoms with van der Waals surface area (Å²) in [4.78, 5) is 14.0. The molecule has 0 bridgehead atoms. The Morgan fingerprint density at radius 2 is 2.32 bits per heavy atom. The van der Waals surface area contributed by atoms with Crippen LogP contribution in [0.25, 0.3) is 0 Å². The SMILES string of the molecule is Cc1noc2c1CCN(C(=O)c1cccc(O)c1)C2. The molecule has 0 saturated heterocycles. The minimum atomic E-state index is -0.101. The van der Waals surface area contributed by atoms with E-state index < -0.39 is 0 Å². The van der Waals surface area contributed by atoms with Gasteiger partial charge in [-0.3, -0.25) is 4.79 Å². The smallest absolute Gasteiger partial charge is 0.254 e. The Hall–Kier alpha value is -2.30. The van der Waals surface area contributed by atoms with Crippen LogP contribution in [-0.4, -0.2) is 27.6 Å². The molecule has 3 rings (SSSR count). The molecule has 1 aliphatic rings. The number of nitrogens with zero attached hydrogens (tertiary/aromatic N) is 2. The number of phenols is 1. The minimum Gasteiger partial charge on any atom is -0.508 e. The van der Waals surface area contributed by atoms with Crippen molar-refractivity contribution in [3.63, 3.8) is 0 Å².